The van der Waals surface area contributed by atoms with Gasteiger partial charge in [-0.3, -0.25) is 0 Å². The molecule has 0 radical (unpaired) electrons. The SMILES string of the molecule is CC(C)OCCOCCCCCCCCCCCCCc1c(F)cc(F)cc1F. The summed E-state index contributed by atoms with van der Waals surface area (Å²) < 4.78 is 50.9. The van der Waals surface area contributed by atoms with Gasteiger partial charge in [-0.05, 0) is 33.1 Å². The summed E-state index contributed by atoms with van der Waals surface area (Å²) in [6.07, 6.45) is 13.2. The Morgan fingerprint density at radius 1 is 0.655 bits per heavy atom. The predicted molar refractivity (Wildman–Crippen MR) is 113 cm³/mol. The van der Waals surface area contributed by atoms with Gasteiger partial charge in [0, 0.05) is 24.3 Å². The fourth-order valence-corrected chi connectivity index (χ4v) is 3.35. The Bertz CT molecular complexity index is 512. The van der Waals surface area contributed by atoms with E-state index in [1.165, 1.54) is 44.9 Å². The molecule has 0 aliphatic heterocycles. The number of hydrogen-bond donors (Lipinski definition) is 0. The van der Waals surface area contributed by atoms with Gasteiger partial charge in [-0.1, -0.05) is 57.8 Å². The zero-order chi connectivity index (χ0) is 21.3. The first-order valence-electron chi connectivity index (χ1n) is 11.3. The Labute approximate surface area is 175 Å². The van der Waals surface area contributed by atoms with Crippen LogP contribution in [0.4, 0.5) is 13.2 Å². The molecule has 0 saturated carbocycles. The van der Waals surface area contributed by atoms with Crippen LogP contribution in [0.3, 0.4) is 0 Å². The fraction of sp³-hybridized carbons (Fsp3) is 0.750. The lowest BCUT2D eigenvalue weighted by molar-refractivity contribution is 0.0186. The second-order valence-corrected chi connectivity index (χ2v) is 8.02. The minimum absolute atomic E-state index is 0.0145. The molecule has 0 aliphatic rings. The summed E-state index contributed by atoms with van der Waals surface area (Å²) in [5.41, 5.74) is 0.0145. The molecule has 2 nitrogen and oxygen atoms in total. The van der Waals surface area contributed by atoms with Crippen molar-refractivity contribution in [2.24, 2.45) is 0 Å². The molecular weight excluding hydrogens is 377 g/mol. The lowest BCUT2D eigenvalue weighted by atomic mass is 10.0. The van der Waals surface area contributed by atoms with Crippen molar-refractivity contribution >= 4 is 0 Å². The molecule has 0 aromatic heterocycles. The number of ether oxygens (including phenoxy) is 2. The van der Waals surface area contributed by atoms with E-state index in [9.17, 15) is 13.2 Å². The molecule has 1 aromatic carbocycles. The van der Waals surface area contributed by atoms with E-state index >= 15 is 0 Å². The lowest BCUT2D eigenvalue weighted by Crippen LogP contribution is -2.10. The first-order valence-corrected chi connectivity index (χ1v) is 11.3. The van der Waals surface area contributed by atoms with Crippen LogP contribution in [0.2, 0.25) is 0 Å². The highest BCUT2D eigenvalue weighted by Crippen LogP contribution is 2.18. The summed E-state index contributed by atoms with van der Waals surface area (Å²) in [5, 5.41) is 0. The molecule has 1 rings (SSSR count). The van der Waals surface area contributed by atoms with Crippen molar-refractivity contribution in [3.8, 4) is 0 Å². The third-order valence-electron chi connectivity index (χ3n) is 5.00. The van der Waals surface area contributed by atoms with Gasteiger partial charge in [0.05, 0.1) is 19.3 Å². The van der Waals surface area contributed by atoms with E-state index in [1.54, 1.807) is 0 Å². The summed E-state index contributed by atoms with van der Waals surface area (Å²) >= 11 is 0. The molecule has 0 aliphatic carbocycles. The van der Waals surface area contributed by atoms with E-state index < -0.39 is 17.5 Å². The molecule has 168 valence electrons. The monoisotopic (exact) mass is 416 g/mol. The van der Waals surface area contributed by atoms with E-state index in [0.717, 1.165) is 44.4 Å². The average Bonchev–Trinajstić information content (AvgIpc) is 2.65. The molecule has 0 heterocycles. The molecule has 1 aromatic rings. The average molecular weight is 417 g/mol. The van der Waals surface area contributed by atoms with Crippen molar-refractivity contribution in [1.82, 2.24) is 0 Å². The first kappa shape index (κ1) is 26.0. The van der Waals surface area contributed by atoms with Crippen LogP contribution in [-0.2, 0) is 15.9 Å². The molecule has 0 saturated heterocycles. The van der Waals surface area contributed by atoms with E-state index in [4.69, 9.17) is 9.47 Å². The van der Waals surface area contributed by atoms with Crippen molar-refractivity contribution in [2.45, 2.75) is 97.0 Å². The quantitative estimate of drug-likeness (QED) is 0.232. The van der Waals surface area contributed by atoms with Gasteiger partial charge in [0.25, 0.3) is 0 Å². The largest absolute Gasteiger partial charge is 0.379 e. The van der Waals surface area contributed by atoms with Gasteiger partial charge in [0.15, 0.2) is 0 Å². The molecule has 0 N–H and O–H groups in total. The fourth-order valence-electron chi connectivity index (χ4n) is 3.35. The third kappa shape index (κ3) is 13.7. The maximum absolute atomic E-state index is 13.5. The summed E-state index contributed by atoms with van der Waals surface area (Å²) in [4.78, 5) is 0. The smallest absolute Gasteiger partial charge is 0.132 e. The summed E-state index contributed by atoms with van der Waals surface area (Å²) in [7, 11) is 0. The zero-order valence-electron chi connectivity index (χ0n) is 18.3. The van der Waals surface area contributed by atoms with Crippen LogP contribution in [0.1, 0.15) is 90.0 Å². The van der Waals surface area contributed by atoms with Gasteiger partial charge < -0.3 is 9.47 Å². The van der Waals surface area contributed by atoms with Crippen molar-refractivity contribution in [2.75, 3.05) is 19.8 Å². The summed E-state index contributed by atoms with van der Waals surface area (Å²) in [6, 6.07) is 1.52. The molecule has 29 heavy (non-hydrogen) atoms. The van der Waals surface area contributed by atoms with Crippen molar-refractivity contribution in [3.63, 3.8) is 0 Å². The minimum Gasteiger partial charge on any atom is -0.379 e. The predicted octanol–water partition coefficient (Wildman–Crippen LogP) is 7.38. The molecule has 0 atom stereocenters. The Kier molecular flexibility index (Phi) is 15.0. The molecular formula is C24H39F3O2. The highest BCUT2D eigenvalue weighted by atomic mass is 19.1. The number of unbranched alkanes of at least 4 members (excludes halogenated alkanes) is 10. The van der Waals surface area contributed by atoms with E-state index in [-0.39, 0.29) is 11.7 Å². The van der Waals surface area contributed by atoms with Crippen LogP contribution in [0.25, 0.3) is 0 Å². The third-order valence-corrected chi connectivity index (χ3v) is 5.00. The van der Waals surface area contributed by atoms with Crippen LogP contribution < -0.4 is 0 Å². The summed E-state index contributed by atoms with van der Waals surface area (Å²) in [6.45, 7) is 6.25. The number of rotatable bonds is 18. The highest BCUT2D eigenvalue weighted by Gasteiger charge is 2.10. The molecule has 0 unspecified atom stereocenters. The lowest BCUT2D eigenvalue weighted by Gasteiger charge is -2.08. The normalized spacial score (nSPS) is 11.5. The Morgan fingerprint density at radius 2 is 1.14 bits per heavy atom. The van der Waals surface area contributed by atoms with Gasteiger partial charge in [-0.15, -0.1) is 0 Å². The second kappa shape index (κ2) is 16.7. The second-order valence-electron chi connectivity index (χ2n) is 8.02. The zero-order valence-corrected chi connectivity index (χ0v) is 18.3. The van der Waals surface area contributed by atoms with Crippen LogP contribution in [-0.4, -0.2) is 25.9 Å². The first-order chi connectivity index (χ1) is 14.0. The van der Waals surface area contributed by atoms with Crippen molar-refractivity contribution in [1.29, 1.82) is 0 Å². The van der Waals surface area contributed by atoms with E-state index in [0.29, 0.717) is 19.6 Å². The highest BCUT2D eigenvalue weighted by molar-refractivity contribution is 5.20. The topological polar surface area (TPSA) is 18.5 Å². The number of benzene rings is 1. The van der Waals surface area contributed by atoms with E-state index in [1.807, 2.05) is 13.8 Å². The molecule has 0 spiro atoms. The summed E-state index contributed by atoms with van der Waals surface area (Å²) in [5.74, 6) is -2.40. The van der Waals surface area contributed by atoms with Gasteiger partial charge >= 0.3 is 0 Å². The van der Waals surface area contributed by atoms with Crippen LogP contribution >= 0.6 is 0 Å². The maximum Gasteiger partial charge on any atom is 0.132 e. The number of halogens is 3. The van der Waals surface area contributed by atoms with Gasteiger partial charge in [0.2, 0.25) is 0 Å². The van der Waals surface area contributed by atoms with Crippen LogP contribution in [0.5, 0.6) is 0 Å². The number of hydrogen-bond acceptors (Lipinski definition) is 2. The van der Waals surface area contributed by atoms with Crippen LogP contribution in [0.15, 0.2) is 12.1 Å². The van der Waals surface area contributed by atoms with Gasteiger partial charge in [0.1, 0.15) is 17.5 Å². The molecule has 0 amide bonds. The Hall–Kier alpha value is -1.07. The Morgan fingerprint density at radius 3 is 1.66 bits per heavy atom. The van der Waals surface area contributed by atoms with Crippen molar-refractivity contribution in [3.05, 3.63) is 35.1 Å². The maximum atomic E-state index is 13.5. The van der Waals surface area contributed by atoms with Gasteiger partial charge in [-0.2, -0.15) is 0 Å². The molecule has 5 heteroatoms. The molecule has 0 fully saturated rings. The van der Waals surface area contributed by atoms with E-state index in [2.05, 4.69) is 0 Å². The van der Waals surface area contributed by atoms with Crippen molar-refractivity contribution < 1.29 is 22.6 Å². The molecule has 0 bridgehead atoms. The van der Waals surface area contributed by atoms with Gasteiger partial charge in [-0.25, -0.2) is 13.2 Å². The minimum atomic E-state index is -0.857. The standard InChI is InChI=1S/C24H39F3O2/c1-20(2)29-17-16-28-15-13-11-9-7-5-3-4-6-8-10-12-14-22-23(26)18-21(25)19-24(22)27/h18-20H,3-17H2,1-2H3. The Balaban J connectivity index is 1.83. The van der Waals surface area contributed by atoms with Crippen LogP contribution in [0, 0.1) is 17.5 Å².